The van der Waals surface area contributed by atoms with Gasteiger partial charge in [-0.05, 0) is 53.6 Å². The van der Waals surface area contributed by atoms with Crippen molar-refractivity contribution in [3.8, 4) is 0 Å². The number of nitrogens with one attached hydrogen (secondary N) is 1. The molecule has 0 atom stereocenters. The van der Waals surface area contributed by atoms with Crippen molar-refractivity contribution in [1.82, 2.24) is 4.72 Å². The Bertz CT molecular complexity index is 561. The van der Waals surface area contributed by atoms with E-state index in [2.05, 4.69) is 43.5 Å². The van der Waals surface area contributed by atoms with Crippen LogP contribution in [0.4, 0.5) is 0 Å². The summed E-state index contributed by atoms with van der Waals surface area (Å²) in [4.78, 5) is 0. The molecule has 1 heterocycles. The summed E-state index contributed by atoms with van der Waals surface area (Å²) >= 11 is 13.8. The molecular weight excluding hydrogens is 450 g/mol. The zero-order valence-corrected chi connectivity index (χ0v) is 16.5. The van der Waals surface area contributed by atoms with E-state index in [1.807, 2.05) is 0 Å². The molecule has 0 bridgehead atoms. The van der Waals surface area contributed by atoms with Crippen molar-refractivity contribution in [2.75, 3.05) is 5.33 Å². The Hall–Kier alpha value is 0.860. The van der Waals surface area contributed by atoms with Gasteiger partial charge in [0, 0.05) is 10.9 Å². The lowest BCUT2D eigenvalue weighted by molar-refractivity contribution is 0.250. The van der Waals surface area contributed by atoms with Gasteiger partial charge in [-0.2, -0.15) is 0 Å². The molecule has 0 radical (unpaired) electrons. The van der Waals surface area contributed by atoms with E-state index in [4.69, 9.17) is 11.6 Å². The first-order chi connectivity index (χ1) is 9.28. The van der Waals surface area contributed by atoms with E-state index in [0.29, 0.717) is 20.1 Å². The average Bonchev–Trinajstić information content (AvgIpc) is 2.74. The minimum absolute atomic E-state index is 0.258. The maximum Gasteiger partial charge on any atom is 0.250 e. The first-order valence-electron chi connectivity index (χ1n) is 6.33. The molecule has 0 saturated heterocycles. The third-order valence-electron chi connectivity index (χ3n) is 3.73. The van der Waals surface area contributed by atoms with E-state index in [9.17, 15) is 8.42 Å². The fraction of sp³-hybridized carbons (Fsp3) is 0.667. The topological polar surface area (TPSA) is 46.2 Å². The lowest BCUT2D eigenvalue weighted by Crippen LogP contribution is -2.51. The van der Waals surface area contributed by atoms with Crippen LogP contribution in [-0.4, -0.2) is 19.3 Å². The Morgan fingerprint density at radius 1 is 1.50 bits per heavy atom. The Balaban J connectivity index is 2.22. The summed E-state index contributed by atoms with van der Waals surface area (Å²) in [6.07, 6.45) is 3.81. The number of thiophene rings is 1. The molecule has 1 aromatic rings. The van der Waals surface area contributed by atoms with Crippen molar-refractivity contribution >= 4 is 64.8 Å². The maximum absolute atomic E-state index is 12.5. The largest absolute Gasteiger partial charge is 0.250 e. The number of rotatable bonds is 4. The first kappa shape index (κ1) is 17.2. The van der Waals surface area contributed by atoms with Crippen LogP contribution in [0.25, 0.3) is 0 Å². The molecule has 114 valence electrons. The van der Waals surface area contributed by atoms with Crippen LogP contribution < -0.4 is 4.72 Å². The van der Waals surface area contributed by atoms with Gasteiger partial charge in [-0.1, -0.05) is 34.5 Å². The summed E-state index contributed by atoms with van der Waals surface area (Å²) in [6.45, 7) is 2.21. The van der Waals surface area contributed by atoms with Crippen molar-refractivity contribution in [3.05, 3.63) is 14.9 Å². The summed E-state index contributed by atoms with van der Waals surface area (Å²) in [5.41, 5.74) is -0.381. The van der Waals surface area contributed by atoms with Crippen molar-refractivity contribution in [2.24, 2.45) is 5.92 Å². The van der Waals surface area contributed by atoms with Crippen LogP contribution in [0.2, 0.25) is 5.02 Å². The third-order valence-corrected chi connectivity index (χ3v) is 9.33. The smallest absolute Gasteiger partial charge is 0.206 e. The average molecular weight is 466 g/mol. The van der Waals surface area contributed by atoms with E-state index in [1.165, 1.54) is 6.07 Å². The van der Waals surface area contributed by atoms with Gasteiger partial charge in [-0.25, -0.2) is 13.1 Å². The monoisotopic (exact) mass is 463 g/mol. The highest BCUT2D eigenvalue weighted by Gasteiger charge is 2.37. The third kappa shape index (κ3) is 3.79. The van der Waals surface area contributed by atoms with Crippen LogP contribution in [0.1, 0.15) is 32.6 Å². The highest BCUT2D eigenvalue weighted by atomic mass is 79.9. The summed E-state index contributed by atoms with van der Waals surface area (Å²) in [5, 5.41) is 1.06. The minimum Gasteiger partial charge on any atom is -0.206 e. The van der Waals surface area contributed by atoms with Crippen LogP contribution in [0, 0.1) is 5.92 Å². The molecule has 0 spiro atoms. The SMILES string of the molecule is CC1CCC(CBr)(NS(=O)(=O)c2cc(Cl)c(Br)s2)CC1. The Labute approximate surface area is 145 Å². The summed E-state index contributed by atoms with van der Waals surface area (Å²) < 4.78 is 28.8. The van der Waals surface area contributed by atoms with Gasteiger partial charge in [0.2, 0.25) is 0 Å². The van der Waals surface area contributed by atoms with Crippen LogP contribution in [0.3, 0.4) is 0 Å². The second-order valence-electron chi connectivity index (χ2n) is 5.39. The fourth-order valence-electron chi connectivity index (χ4n) is 2.37. The van der Waals surface area contributed by atoms with Crippen LogP contribution in [0.5, 0.6) is 0 Å². The minimum atomic E-state index is -3.53. The molecule has 1 N–H and O–H groups in total. The molecule has 1 saturated carbocycles. The lowest BCUT2D eigenvalue weighted by Gasteiger charge is -2.38. The van der Waals surface area contributed by atoms with Gasteiger partial charge >= 0.3 is 0 Å². The number of alkyl halides is 1. The Morgan fingerprint density at radius 2 is 2.10 bits per heavy atom. The van der Waals surface area contributed by atoms with E-state index in [0.717, 1.165) is 37.0 Å². The van der Waals surface area contributed by atoms with Crippen LogP contribution in [-0.2, 0) is 10.0 Å². The molecular formula is C12H16Br2ClNO2S2. The molecule has 1 aliphatic rings. The van der Waals surface area contributed by atoms with Gasteiger partial charge < -0.3 is 0 Å². The van der Waals surface area contributed by atoms with E-state index < -0.39 is 10.0 Å². The quantitative estimate of drug-likeness (QED) is 0.650. The van der Waals surface area contributed by atoms with Crippen molar-refractivity contribution in [2.45, 2.75) is 42.4 Å². The molecule has 0 unspecified atom stereocenters. The molecule has 20 heavy (non-hydrogen) atoms. The van der Waals surface area contributed by atoms with Crippen molar-refractivity contribution in [1.29, 1.82) is 0 Å². The van der Waals surface area contributed by atoms with Gasteiger partial charge in [0.25, 0.3) is 10.0 Å². The number of sulfonamides is 1. The van der Waals surface area contributed by atoms with E-state index >= 15 is 0 Å². The molecule has 1 aliphatic carbocycles. The molecule has 0 amide bonds. The Morgan fingerprint density at radius 3 is 2.55 bits per heavy atom. The standard InChI is InChI=1S/C12H16Br2ClNO2S2/c1-8-2-4-12(7-13,5-3-8)16-20(17,18)10-6-9(15)11(14)19-10/h6,8,16H,2-5,7H2,1H3. The summed E-state index contributed by atoms with van der Waals surface area (Å²) in [7, 11) is -3.53. The lowest BCUT2D eigenvalue weighted by atomic mass is 9.79. The molecule has 1 fully saturated rings. The van der Waals surface area contributed by atoms with Crippen molar-refractivity contribution in [3.63, 3.8) is 0 Å². The second-order valence-corrected chi connectivity index (χ2v) is 10.6. The Kier molecular flexibility index (Phi) is 5.63. The van der Waals surface area contributed by atoms with E-state index in [-0.39, 0.29) is 9.75 Å². The van der Waals surface area contributed by atoms with Crippen LogP contribution in [0.15, 0.2) is 14.1 Å². The maximum atomic E-state index is 12.5. The fourth-order valence-corrected chi connectivity index (χ4v) is 7.12. The van der Waals surface area contributed by atoms with Gasteiger partial charge in [-0.15, -0.1) is 11.3 Å². The number of halogens is 3. The summed E-state index contributed by atoms with van der Waals surface area (Å²) in [6, 6.07) is 1.49. The van der Waals surface area contributed by atoms with Gasteiger partial charge in [0.15, 0.2) is 0 Å². The number of hydrogen-bond donors (Lipinski definition) is 1. The molecule has 0 aliphatic heterocycles. The highest BCUT2D eigenvalue weighted by Crippen LogP contribution is 2.38. The molecule has 8 heteroatoms. The summed E-state index contributed by atoms with van der Waals surface area (Å²) in [5.74, 6) is 0.664. The number of hydrogen-bond acceptors (Lipinski definition) is 3. The van der Waals surface area contributed by atoms with Gasteiger partial charge in [0.1, 0.15) is 4.21 Å². The van der Waals surface area contributed by atoms with E-state index in [1.54, 1.807) is 0 Å². The van der Waals surface area contributed by atoms with Gasteiger partial charge in [-0.3, -0.25) is 0 Å². The van der Waals surface area contributed by atoms with Crippen LogP contribution >= 0.6 is 54.8 Å². The molecule has 1 aromatic heterocycles. The zero-order chi connectivity index (χ0) is 15.0. The van der Waals surface area contributed by atoms with Gasteiger partial charge in [0.05, 0.1) is 8.81 Å². The predicted octanol–water partition coefficient (Wildman–Crippen LogP) is 4.79. The molecule has 3 nitrogen and oxygen atoms in total. The second kappa shape index (κ2) is 6.54. The van der Waals surface area contributed by atoms with Crippen molar-refractivity contribution < 1.29 is 8.42 Å². The zero-order valence-electron chi connectivity index (χ0n) is 11.0. The molecule has 2 rings (SSSR count). The highest BCUT2D eigenvalue weighted by molar-refractivity contribution is 9.11. The predicted molar refractivity (Wildman–Crippen MR) is 91.5 cm³/mol. The molecule has 0 aromatic carbocycles. The normalized spacial score (nSPS) is 27.7. The first-order valence-corrected chi connectivity index (χ1v) is 10.9.